The van der Waals surface area contributed by atoms with Crippen molar-refractivity contribution < 1.29 is 9.84 Å². The van der Waals surface area contributed by atoms with E-state index in [1.165, 1.54) is 19.3 Å². The second-order valence-corrected chi connectivity index (χ2v) is 5.52. The second kappa shape index (κ2) is 7.99. The van der Waals surface area contributed by atoms with Gasteiger partial charge in [-0.2, -0.15) is 0 Å². The van der Waals surface area contributed by atoms with Crippen molar-refractivity contribution in [2.24, 2.45) is 5.92 Å². The summed E-state index contributed by atoms with van der Waals surface area (Å²) in [5.74, 6) is 1.26. The zero-order chi connectivity index (χ0) is 15.1. The van der Waals surface area contributed by atoms with Crippen molar-refractivity contribution in [3.05, 3.63) is 36.0 Å². The number of hydrogen-bond donors (Lipinski definition) is 1. The predicted molar refractivity (Wildman–Crippen MR) is 86.5 cm³/mol. The van der Waals surface area contributed by atoms with Gasteiger partial charge in [-0.15, -0.1) is 0 Å². The molecule has 1 unspecified atom stereocenters. The molecule has 0 aliphatic heterocycles. The standard InChI is InChI=1S/C18H25NO2/c1-3-5-8-14(4-2)13-21-18-17-10-7-6-9-16(17)15(12-20)11-19-18/h6-7,9-11,14,20H,3-5,8,12-13H2,1-2H3. The van der Waals surface area contributed by atoms with Gasteiger partial charge in [0.25, 0.3) is 0 Å². The van der Waals surface area contributed by atoms with Crippen LogP contribution in [0.2, 0.25) is 0 Å². The zero-order valence-electron chi connectivity index (χ0n) is 13.0. The van der Waals surface area contributed by atoms with Crippen LogP contribution in [0.25, 0.3) is 10.8 Å². The highest BCUT2D eigenvalue weighted by molar-refractivity contribution is 5.89. The third-order valence-electron chi connectivity index (χ3n) is 4.01. The lowest BCUT2D eigenvalue weighted by Gasteiger charge is -2.16. The molecule has 0 amide bonds. The van der Waals surface area contributed by atoms with E-state index < -0.39 is 0 Å². The Morgan fingerprint density at radius 2 is 1.95 bits per heavy atom. The molecule has 114 valence electrons. The number of aliphatic hydroxyl groups is 1. The summed E-state index contributed by atoms with van der Waals surface area (Å²) in [5, 5.41) is 11.4. The molecule has 3 heteroatoms. The molecular weight excluding hydrogens is 262 g/mol. The minimum absolute atomic E-state index is 0.00186. The third kappa shape index (κ3) is 3.94. The van der Waals surface area contributed by atoms with Gasteiger partial charge < -0.3 is 9.84 Å². The summed E-state index contributed by atoms with van der Waals surface area (Å²) in [5.41, 5.74) is 0.843. The summed E-state index contributed by atoms with van der Waals surface area (Å²) >= 11 is 0. The lowest BCUT2D eigenvalue weighted by atomic mass is 10.0. The van der Waals surface area contributed by atoms with Crippen LogP contribution >= 0.6 is 0 Å². The quantitative estimate of drug-likeness (QED) is 0.786. The Bertz CT molecular complexity index is 568. The molecule has 1 aromatic heterocycles. The van der Waals surface area contributed by atoms with E-state index in [-0.39, 0.29) is 6.61 Å². The number of rotatable bonds is 8. The molecule has 0 spiro atoms. The Kier molecular flexibility index (Phi) is 6.00. The normalized spacial score (nSPS) is 12.5. The number of hydrogen-bond acceptors (Lipinski definition) is 3. The summed E-state index contributed by atoms with van der Waals surface area (Å²) in [6, 6.07) is 7.96. The molecule has 1 aromatic carbocycles. The highest BCUT2D eigenvalue weighted by Gasteiger charge is 2.11. The van der Waals surface area contributed by atoms with Gasteiger partial charge in [0.1, 0.15) is 0 Å². The minimum atomic E-state index is 0.00186. The number of ether oxygens (including phenoxy) is 1. The minimum Gasteiger partial charge on any atom is -0.477 e. The van der Waals surface area contributed by atoms with Gasteiger partial charge in [-0.25, -0.2) is 4.98 Å². The topological polar surface area (TPSA) is 42.4 Å². The Balaban J connectivity index is 2.15. The van der Waals surface area contributed by atoms with Gasteiger partial charge in [-0.1, -0.05) is 51.3 Å². The van der Waals surface area contributed by atoms with Gasteiger partial charge >= 0.3 is 0 Å². The second-order valence-electron chi connectivity index (χ2n) is 5.52. The summed E-state index contributed by atoms with van der Waals surface area (Å²) < 4.78 is 5.98. The Hall–Kier alpha value is -1.61. The highest BCUT2D eigenvalue weighted by atomic mass is 16.5. The Morgan fingerprint density at radius 3 is 2.62 bits per heavy atom. The van der Waals surface area contributed by atoms with E-state index in [1.807, 2.05) is 24.3 Å². The summed E-state index contributed by atoms with van der Waals surface area (Å²) in [4.78, 5) is 4.38. The third-order valence-corrected chi connectivity index (χ3v) is 4.01. The van der Waals surface area contributed by atoms with Crippen molar-refractivity contribution in [1.82, 2.24) is 4.98 Å². The lowest BCUT2D eigenvalue weighted by molar-refractivity contribution is 0.228. The molecule has 2 rings (SSSR count). The van der Waals surface area contributed by atoms with E-state index in [4.69, 9.17) is 4.74 Å². The Labute approximate surface area is 127 Å². The maximum atomic E-state index is 9.40. The summed E-state index contributed by atoms with van der Waals surface area (Å²) in [6.07, 6.45) is 6.53. The number of benzene rings is 1. The van der Waals surface area contributed by atoms with E-state index in [1.54, 1.807) is 6.20 Å². The molecule has 0 saturated heterocycles. The number of nitrogens with zero attached hydrogens (tertiary/aromatic N) is 1. The van der Waals surface area contributed by atoms with E-state index in [2.05, 4.69) is 18.8 Å². The van der Waals surface area contributed by atoms with Crippen molar-refractivity contribution in [2.45, 2.75) is 46.1 Å². The summed E-state index contributed by atoms with van der Waals surface area (Å²) in [6.45, 7) is 5.15. The van der Waals surface area contributed by atoms with E-state index in [0.717, 1.165) is 22.8 Å². The number of fused-ring (bicyclic) bond motifs is 1. The molecule has 1 atom stereocenters. The van der Waals surface area contributed by atoms with Crippen LogP contribution in [0.15, 0.2) is 30.5 Å². The average molecular weight is 287 g/mol. The van der Waals surface area contributed by atoms with Gasteiger partial charge in [-0.05, 0) is 23.8 Å². The van der Waals surface area contributed by atoms with Gasteiger partial charge in [0.2, 0.25) is 5.88 Å². The van der Waals surface area contributed by atoms with Crippen molar-refractivity contribution in [3.63, 3.8) is 0 Å². The van der Waals surface area contributed by atoms with Gasteiger partial charge in [-0.3, -0.25) is 0 Å². The average Bonchev–Trinajstić information content (AvgIpc) is 2.55. The first-order chi connectivity index (χ1) is 10.3. The molecule has 0 bridgehead atoms. The van der Waals surface area contributed by atoms with Crippen molar-refractivity contribution in [1.29, 1.82) is 0 Å². The van der Waals surface area contributed by atoms with Crippen molar-refractivity contribution in [2.75, 3.05) is 6.61 Å². The first kappa shape index (κ1) is 15.8. The van der Waals surface area contributed by atoms with Crippen LogP contribution in [0.1, 0.15) is 45.1 Å². The maximum absolute atomic E-state index is 9.40. The van der Waals surface area contributed by atoms with Crippen molar-refractivity contribution >= 4 is 10.8 Å². The molecule has 21 heavy (non-hydrogen) atoms. The molecule has 0 radical (unpaired) electrons. The fourth-order valence-corrected chi connectivity index (χ4v) is 2.56. The van der Waals surface area contributed by atoms with Crippen LogP contribution in [-0.4, -0.2) is 16.7 Å². The van der Waals surface area contributed by atoms with Gasteiger partial charge in [0.15, 0.2) is 0 Å². The van der Waals surface area contributed by atoms with Gasteiger partial charge in [0.05, 0.1) is 13.2 Å². The Morgan fingerprint density at radius 1 is 1.19 bits per heavy atom. The van der Waals surface area contributed by atoms with Crippen LogP contribution < -0.4 is 4.74 Å². The molecular formula is C18H25NO2. The fourth-order valence-electron chi connectivity index (χ4n) is 2.56. The lowest BCUT2D eigenvalue weighted by Crippen LogP contribution is -2.12. The molecule has 0 aliphatic rings. The molecule has 1 heterocycles. The van der Waals surface area contributed by atoms with Crippen LogP contribution in [-0.2, 0) is 6.61 Å². The van der Waals surface area contributed by atoms with E-state index in [0.29, 0.717) is 18.4 Å². The largest absolute Gasteiger partial charge is 0.477 e. The molecule has 0 fully saturated rings. The first-order valence-electron chi connectivity index (χ1n) is 7.90. The molecule has 0 aliphatic carbocycles. The fraction of sp³-hybridized carbons (Fsp3) is 0.500. The van der Waals surface area contributed by atoms with Crippen LogP contribution in [0.5, 0.6) is 5.88 Å². The molecule has 2 aromatic rings. The number of aromatic nitrogens is 1. The van der Waals surface area contributed by atoms with Crippen LogP contribution in [0.4, 0.5) is 0 Å². The smallest absolute Gasteiger partial charge is 0.221 e. The van der Waals surface area contributed by atoms with E-state index in [9.17, 15) is 5.11 Å². The zero-order valence-corrected chi connectivity index (χ0v) is 13.0. The van der Waals surface area contributed by atoms with Crippen LogP contribution in [0, 0.1) is 5.92 Å². The molecule has 1 N–H and O–H groups in total. The first-order valence-corrected chi connectivity index (χ1v) is 7.90. The van der Waals surface area contributed by atoms with Crippen molar-refractivity contribution in [3.8, 4) is 5.88 Å². The molecule has 3 nitrogen and oxygen atoms in total. The molecule has 0 saturated carbocycles. The summed E-state index contributed by atoms with van der Waals surface area (Å²) in [7, 11) is 0. The number of unbranched alkanes of at least 4 members (excludes halogenated alkanes) is 1. The number of pyridine rings is 1. The van der Waals surface area contributed by atoms with E-state index >= 15 is 0 Å². The van der Waals surface area contributed by atoms with Crippen LogP contribution in [0.3, 0.4) is 0 Å². The monoisotopic (exact) mass is 287 g/mol. The number of aliphatic hydroxyl groups excluding tert-OH is 1. The maximum Gasteiger partial charge on any atom is 0.221 e. The van der Waals surface area contributed by atoms with Gasteiger partial charge in [0, 0.05) is 17.1 Å². The predicted octanol–water partition coefficient (Wildman–Crippen LogP) is 4.32. The highest BCUT2D eigenvalue weighted by Crippen LogP contribution is 2.27. The SMILES string of the molecule is CCCCC(CC)COc1ncc(CO)c2ccccc12.